The third kappa shape index (κ3) is 6.40. The first-order valence-electron chi connectivity index (χ1n) is 9.37. The van der Waals surface area contributed by atoms with Crippen molar-refractivity contribution in [3.63, 3.8) is 0 Å². The molecule has 2 atom stereocenters. The SMILES string of the molecule is CC(C)CC[C@H](C)NC(=O)[C@H]1CCCN(C(=O)Nc2ccccc2)C1. The number of nitrogens with zero attached hydrogens (tertiary/aromatic N) is 1. The van der Waals surface area contributed by atoms with Gasteiger partial charge in [0.2, 0.25) is 5.91 Å². The van der Waals surface area contributed by atoms with E-state index in [0.29, 0.717) is 19.0 Å². The number of hydrogen-bond donors (Lipinski definition) is 2. The zero-order chi connectivity index (χ0) is 18.2. The van der Waals surface area contributed by atoms with Gasteiger partial charge in [-0.05, 0) is 50.7 Å². The second kappa shape index (κ2) is 9.44. The van der Waals surface area contributed by atoms with Crippen molar-refractivity contribution in [2.24, 2.45) is 11.8 Å². The average molecular weight is 345 g/mol. The minimum atomic E-state index is -0.128. The minimum Gasteiger partial charge on any atom is -0.353 e. The van der Waals surface area contributed by atoms with Gasteiger partial charge >= 0.3 is 6.03 Å². The van der Waals surface area contributed by atoms with Crippen LogP contribution in [0.1, 0.15) is 46.5 Å². The third-order valence-corrected chi connectivity index (χ3v) is 4.67. The molecule has 0 aromatic heterocycles. The molecule has 0 aliphatic carbocycles. The molecular weight excluding hydrogens is 314 g/mol. The number of benzene rings is 1. The highest BCUT2D eigenvalue weighted by molar-refractivity contribution is 5.90. The van der Waals surface area contributed by atoms with Crippen LogP contribution in [0.4, 0.5) is 10.5 Å². The van der Waals surface area contributed by atoms with Gasteiger partial charge in [-0.2, -0.15) is 0 Å². The number of rotatable bonds is 6. The summed E-state index contributed by atoms with van der Waals surface area (Å²) in [5.41, 5.74) is 0.779. The van der Waals surface area contributed by atoms with E-state index in [1.165, 1.54) is 0 Å². The predicted molar refractivity (Wildman–Crippen MR) is 101 cm³/mol. The quantitative estimate of drug-likeness (QED) is 0.822. The number of hydrogen-bond acceptors (Lipinski definition) is 2. The molecule has 0 bridgehead atoms. The molecule has 3 amide bonds. The van der Waals surface area contributed by atoms with Gasteiger partial charge in [0.25, 0.3) is 0 Å². The first-order chi connectivity index (χ1) is 12.0. The number of piperidine rings is 1. The average Bonchev–Trinajstić information content (AvgIpc) is 2.61. The van der Waals surface area contributed by atoms with Gasteiger partial charge in [0, 0.05) is 24.8 Å². The summed E-state index contributed by atoms with van der Waals surface area (Å²) in [4.78, 5) is 26.7. The van der Waals surface area contributed by atoms with E-state index in [2.05, 4.69) is 31.4 Å². The topological polar surface area (TPSA) is 61.4 Å². The van der Waals surface area contributed by atoms with Crippen molar-refractivity contribution in [1.82, 2.24) is 10.2 Å². The first-order valence-corrected chi connectivity index (χ1v) is 9.37. The van der Waals surface area contributed by atoms with E-state index in [1.807, 2.05) is 30.3 Å². The van der Waals surface area contributed by atoms with Crippen LogP contribution in [0.5, 0.6) is 0 Å². The van der Waals surface area contributed by atoms with Crippen LogP contribution < -0.4 is 10.6 Å². The van der Waals surface area contributed by atoms with E-state index < -0.39 is 0 Å². The van der Waals surface area contributed by atoms with Crippen molar-refractivity contribution in [2.75, 3.05) is 18.4 Å². The van der Waals surface area contributed by atoms with Crippen LogP contribution in [0.3, 0.4) is 0 Å². The van der Waals surface area contributed by atoms with Crippen LogP contribution in [0, 0.1) is 11.8 Å². The third-order valence-electron chi connectivity index (χ3n) is 4.67. The van der Waals surface area contributed by atoms with Gasteiger partial charge in [0.05, 0.1) is 5.92 Å². The molecule has 0 unspecified atom stereocenters. The zero-order valence-electron chi connectivity index (χ0n) is 15.6. The van der Waals surface area contributed by atoms with Gasteiger partial charge in [-0.1, -0.05) is 32.0 Å². The number of para-hydroxylation sites is 1. The maximum atomic E-state index is 12.5. The number of urea groups is 1. The second-order valence-corrected chi connectivity index (χ2v) is 7.46. The molecule has 1 saturated heterocycles. The molecule has 1 heterocycles. The number of carbonyl (C=O) groups is 2. The Morgan fingerprint density at radius 2 is 1.88 bits per heavy atom. The van der Waals surface area contributed by atoms with Crippen molar-refractivity contribution >= 4 is 17.6 Å². The van der Waals surface area contributed by atoms with Gasteiger partial charge < -0.3 is 15.5 Å². The first kappa shape index (κ1) is 19.3. The summed E-state index contributed by atoms with van der Waals surface area (Å²) >= 11 is 0. The van der Waals surface area contributed by atoms with Crippen molar-refractivity contribution in [3.05, 3.63) is 30.3 Å². The van der Waals surface area contributed by atoms with Crippen molar-refractivity contribution in [1.29, 1.82) is 0 Å². The number of likely N-dealkylation sites (tertiary alicyclic amines) is 1. The summed E-state index contributed by atoms with van der Waals surface area (Å²) < 4.78 is 0. The Bertz CT molecular complexity index is 559. The molecule has 2 N–H and O–H groups in total. The van der Waals surface area contributed by atoms with Crippen LogP contribution >= 0.6 is 0 Å². The number of amides is 3. The largest absolute Gasteiger partial charge is 0.353 e. The van der Waals surface area contributed by atoms with Gasteiger partial charge in [-0.3, -0.25) is 4.79 Å². The van der Waals surface area contributed by atoms with E-state index in [0.717, 1.165) is 31.4 Å². The Balaban J connectivity index is 1.83. The molecule has 0 radical (unpaired) electrons. The molecule has 1 aliphatic rings. The van der Waals surface area contributed by atoms with Crippen LogP contribution in [0.15, 0.2) is 30.3 Å². The standard InChI is InChI=1S/C20H31N3O2/c1-15(2)11-12-16(3)21-19(24)17-8-7-13-23(14-17)20(25)22-18-9-5-4-6-10-18/h4-6,9-10,15-17H,7-8,11-14H2,1-3H3,(H,21,24)(H,22,25)/t16-,17-/m0/s1. The molecule has 0 saturated carbocycles. The van der Waals surface area contributed by atoms with Crippen LogP contribution in [-0.2, 0) is 4.79 Å². The lowest BCUT2D eigenvalue weighted by atomic mass is 9.96. The fourth-order valence-electron chi connectivity index (χ4n) is 3.12. The number of nitrogens with one attached hydrogen (secondary N) is 2. The molecule has 1 aromatic rings. The summed E-state index contributed by atoms with van der Waals surface area (Å²) in [6, 6.07) is 9.48. The summed E-state index contributed by atoms with van der Waals surface area (Å²) in [5.74, 6) is 0.608. The smallest absolute Gasteiger partial charge is 0.321 e. The summed E-state index contributed by atoms with van der Waals surface area (Å²) in [7, 11) is 0. The van der Waals surface area contributed by atoms with Gasteiger partial charge in [-0.25, -0.2) is 4.79 Å². The molecule has 5 heteroatoms. The molecule has 138 valence electrons. The number of carbonyl (C=O) groups excluding carboxylic acids is 2. The molecule has 1 fully saturated rings. The van der Waals surface area contributed by atoms with E-state index in [1.54, 1.807) is 4.90 Å². The summed E-state index contributed by atoms with van der Waals surface area (Å²) in [6.45, 7) is 7.63. The van der Waals surface area contributed by atoms with Gasteiger partial charge in [-0.15, -0.1) is 0 Å². The van der Waals surface area contributed by atoms with Crippen molar-refractivity contribution < 1.29 is 9.59 Å². The molecule has 2 rings (SSSR count). The Morgan fingerprint density at radius 3 is 2.56 bits per heavy atom. The predicted octanol–water partition coefficient (Wildman–Crippen LogP) is 3.87. The fraction of sp³-hybridized carbons (Fsp3) is 0.600. The van der Waals surface area contributed by atoms with Crippen LogP contribution in [0.25, 0.3) is 0 Å². The Morgan fingerprint density at radius 1 is 1.16 bits per heavy atom. The van der Waals surface area contributed by atoms with E-state index in [9.17, 15) is 9.59 Å². The molecule has 1 aliphatic heterocycles. The lowest BCUT2D eigenvalue weighted by Crippen LogP contribution is -2.48. The molecule has 0 spiro atoms. The van der Waals surface area contributed by atoms with Crippen LogP contribution in [-0.4, -0.2) is 36.0 Å². The highest BCUT2D eigenvalue weighted by Gasteiger charge is 2.29. The number of anilines is 1. The second-order valence-electron chi connectivity index (χ2n) is 7.46. The fourth-order valence-corrected chi connectivity index (χ4v) is 3.12. The van der Waals surface area contributed by atoms with E-state index in [-0.39, 0.29) is 23.9 Å². The lowest BCUT2D eigenvalue weighted by Gasteiger charge is -2.32. The summed E-state index contributed by atoms with van der Waals surface area (Å²) in [5, 5.41) is 6.02. The minimum absolute atomic E-state index is 0.0773. The lowest BCUT2D eigenvalue weighted by molar-refractivity contribution is -0.126. The highest BCUT2D eigenvalue weighted by atomic mass is 16.2. The highest BCUT2D eigenvalue weighted by Crippen LogP contribution is 2.19. The van der Waals surface area contributed by atoms with Gasteiger partial charge in [0.1, 0.15) is 0 Å². The molecular formula is C20H31N3O2. The molecule has 25 heavy (non-hydrogen) atoms. The maximum absolute atomic E-state index is 12.5. The Hall–Kier alpha value is -2.04. The summed E-state index contributed by atoms with van der Waals surface area (Å²) in [6.07, 6.45) is 3.81. The Labute approximate surface area is 151 Å². The molecule has 5 nitrogen and oxygen atoms in total. The normalized spacial score (nSPS) is 18.7. The van der Waals surface area contributed by atoms with E-state index in [4.69, 9.17) is 0 Å². The monoisotopic (exact) mass is 345 g/mol. The zero-order valence-corrected chi connectivity index (χ0v) is 15.6. The maximum Gasteiger partial charge on any atom is 0.321 e. The Kier molecular flexibility index (Phi) is 7.29. The van der Waals surface area contributed by atoms with Crippen molar-refractivity contribution in [2.45, 2.75) is 52.5 Å². The van der Waals surface area contributed by atoms with E-state index >= 15 is 0 Å². The van der Waals surface area contributed by atoms with Crippen molar-refractivity contribution in [3.8, 4) is 0 Å². The van der Waals surface area contributed by atoms with Gasteiger partial charge in [0.15, 0.2) is 0 Å². The van der Waals surface area contributed by atoms with Crippen LogP contribution in [0.2, 0.25) is 0 Å². The molecule has 1 aromatic carbocycles.